The van der Waals surface area contributed by atoms with Gasteiger partial charge in [-0.2, -0.15) is 0 Å². The van der Waals surface area contributed by atoms with Gasteiger partial charge in [-0.3, -0.25) is 4.79 Å². The van der Waals surface area contributed by atoms with Gasteiger partial charge in [-0.15, -0.1) is 0 Å². The molecule has 0 radical (unpaired) electrons. The molecule has 0 aromatic heterocycles. The third-order valence-corrected chi connectivity index (χ3v) is 5.24. The van der Waals surface area contributed by atoms with Gasteiger partial charge < -0.3 is 14.8 Å². The number of amides is 1. The number of rotatable bonds is 6. The molecule has 0 saturated heterocycles. The van der Waals surface area contributed by atoms with E-state index in [1.165, 1.54) is 11.1 Å². The largest absolute Gasteiger partial charge is 0.485 e. The second kappa shape index (κ2) is 8.23. The predicted molar refractivity (Wildman–Crippen MR) is 118 cm³/mol. The molecule has 1 aliphatic heterocycles. The molecule has 1 amide bonds. The maximum Gasteiger partial charge on any atom is 0.251 e. The molecule has 1 heterocycles. The first kappa shape index (κ1) is 20.0. The smallest absolute Gasteiger partial charge is 0.251 e. The van der Waals surface area contributed by atoms with E-state index in [9.17, 15) is 4.79 Å². The molecule has 0 atom stereocenters. The van der Waals surface area contributed by atoms with Crippen molar-refractivity contribution < 1.29 is 14.3 Å². The fourth-order valence-electron chi connectivity index (χ4n) is 3.60. The Morgan fingerprint density at radius 2 is 1.70 bits per heavy atom. The number of hydrogen-bond donors (Lipinski definition) is 1. The van der Waals surface area contributed by atoms with E-state index in [0.717, 1.165) is 29.0 Å². The molecule has 3 aromatic rings. The van der Waals surface area contributed by atoms with E-state index < -0.39 is 0 Å². The number of hydrogen-bond acceptors (Lipinski definition) is 3. The summed E-state index contributed by atoms with van der Waals surface area (Å²) in [5.41, 5.74) is 4.91. The van der Waals surface area contributed by atoms with Crippen LogP contribution in [0.4, 0.5) is 0 Å². The van der Waals surface area contributed by atoms with E-state index in [4.69, 9.17) is 9.47 Å². The van der Waals surface area contributed by atoms with Crippen LogP contribution in [0.3, 0.4) is 0 Å². The average molecular weight is 402 g/mol. The van der Waals surface area contributed by atoms with Crippen LogP contribution in [0.2, 0.25) is 0 Å². The minimum absolute atomic E-state index is 0.0837. The minimum Gasteiger partial charge on any atom is -0.485 e. The van der Waals surface area contributed by atoms with Gasteiger partial charge in [-0.05, 0) is 50.1 Å². The van der Waals surface area contributed by atoms with Crippen LogP contribution in [0.5, 0.6) is 11.5 Å². The molecule has 4 nitrogen and oxygen atoms in total. The zero-order valence-corrected chi connectivity index (χ0v) is 17.7. The van der Waals surface area contributed by atoms with Gasteiger partial charge in [0.1, 0.15) is 12.2 Å². The Hall–Kier alpha value is -3.27. The standard InChI is InChI=1S/C26H27NO3/c1-18-7-9-19(10-8-18)16-27-25(28)21-13-11-20(12-14-21)17-29-23-6-4-5-22-15-26(2,3)30-24(22)23/h4-14H,15-17H2,1-3H3,(H,27,28). The zero-order valence-electron chi connectivity index (χ0n) is 17.7. The van der Waals surface area contributed by atoms with E-state index in [2.05, 4.69) is 25.2 Å². The molecule has 154 valence electrons. The summed E-state index contributed by atoms with van der Waals surface area (Å²) in [6.07, 6.45) is 0.881. The molecular formula is C26H27NO3. The van der Waals surface area contributed by atoms with E-state index in [0.29, 0.717) is 18.7 Å². The molecule has 1 aliphatic rings. The highest BCUT2D eigenvalue weighted by Crippen LogP contribution is 2.41. The Morgan fingerprint density at radius 3 is 2.43 bits per heavy atom. The normalized spacial score (nSPS) is 14.0. The van der Waals surface area contributed by atoms with Crippen LogP contribution in [-0.4, -0.2) is 11.5 Å². The molecule has 0 spiro atoms. The van der Waals surface area contributed by atoms with Crippen molar-refractivity contribution in [2.24, 2.45) is 0 Å². The summed E-state index contributed by atoms with van der Waals surface area (Å²) in [5.74, 6) is 1.52. The quantitative estimate of drug-likeness (QED) is 0.616. The first-order chi connectivity index (χ1) is 14.4. The van der Waals surface area contributed by atoms with Crippen molar-refractivity contribution in [1.29, 1.82) is 0 Å². The Labute approximate surface area is 177 Å². The van der Waals surface area contributed by atoms with Crippen LogP contribution in [0, 0.1) is 6.92 Å². The summed E-state index contributed by atoms with van der Waals surface area (Å²) in [5, 5.41) is 2.96. The predicted octanol–water partition coefficient (Wildman–Crippen LogP) is 5.22. The van der Waals surface area contributed by atoms with E-state index in [1.807, 2.05) is 67.6 Å². The number of aryl methyl sites for hydroxylation is 1. The van der Waals surface area contributed by atoms with Crippen LogP contribution in [0.15, 0.2) is 66.7 Å². The molecule has 0 unspecified atom stereocenters. The molecular weight excluding hydrogens is 374 g/mol. The minimum atomic E-state index is -0.199. The van der Waals surface area contributed by atoms with Crippen molar-refractivity contribution in [1.82, 2.24) is 5.32 Å². The molecule has 4 heteroatoms. The fourth-order valence-corrected chi connectivity index (χ4v) is 3.60. The third-order valence-electron chi connectivity index (χ3n) is 5.24. The molecule has 0 bridgehead atoms. The number of ether oxygens (including phenoxy) is 2. The maximum atomic E-state index is 12.4. The number of carbonyl (C=O) groups is 1. The van der Waals surface area contributed by atoms with Gasteiger partial charge in [0.05, 0.1) is 0 Å². The van der Waals surface area contributed by atoms with Crippen LogP contribution in [0.1, 0.15) is 46.5 Å². The summed E-state index contributed by atoms with van der Waals surface area (Å²) < 4.78 is 12.1. The van der Waals surface area contributed by atoms with Gasteiger partial charge >= 0.3 is 0 Å². The van der Waals surface area contributed by atoms with Crippen LogP contribution in [-0.2, 0) is 19.6 Å². The lowest BCUT2D eigenvalue weighted by atomic mass is 10.0. The Bertz CT molecular complexity index is 1040. The van der Waals surface area contributed by atoms with Crippen LogP contribution in [0.25, 0.3) is 0 Å². The average Bonchev–Trinajstić information content (AvgIpc) is 3.06. The lowest BCUT2D eigenvalue weighted by Gasteiger charge is -2.18. The molecule has 3 aromatic carbocycles. The van der Waals surface area contributed by atoms with E-state index in [-0.39, 0.29) is 11.5 Å². The Morgan fingerprint density at radius 1 is 1.00 bits per heavy atom. The Balaban J connectivity index is 1.34. The highest BCUT2D eigenvalue weighted by Gasteiger charge is 2.32. The van der Waals surface area contributed by atoms with Crippen molar-refractivity contribution in [3.63, 3.8) is 0 Å². The molecule has 0 saturated carbocycles. The number of para-hydroxylation sites is 1. The van der Waals surface area contributed by atoms with Crippen molar-refractivity contribution in [3.05, 3.63) is 94.5 Å². The molecule has 1 N–H and O–H groups in total. The molecule has 0 aliphatic carbocycles. The van der Waals surface area contributed by atoms with Crippen molar-refractivity contribution in [2.75, 3.05) is 0 Å². The molecule has 0 fully saturated rings. The maximum absolute atomic E-state index is 12.4. The third kappa shape index (κ3) is 4.65. The first-order valence-corrected chi connectivity index (χ1v) is 10.3. The summed E-state index contributed by atoms with van der Waals surface area (Å²) in [6, 6.07) is 21.7. The number of carbonyl (C=O) groups excluding carboxylic acids is 1. The van der Waals surface area contributed by atoms with Crippen molar-refractivity contribution >= 4 is 5.91 Å². The topological polar surface area (TPSA) is 47.6 Å². The van der Waals surface area contributed by atoms with Crippen molar-refractivity contribution in [3.8, 4) is 11.5 Å². The lowest BCUT2D eigenvalue weighted by molar-refractivity contribution is 0.0951. The van der Waals surface area contributed by atoms with E-state index in [1.54, 1.807) is 0 Å². The number of fused-ring (bicyclic) bond motifs is 1. The second-order valence-electron chi connectivity index (χ2n) is 8.44. The Kier molecular flexibility index (Phi) is 5.49. The van der Waals surface area contributed by atoms with Gasteiger partial charge in [0, 0.05) is 24.1 Å². The molecule has 30 heavy (non-hydrogen) atoms. The van der Waals surface area contributed by atoms with Crippen LogP contribution >= 0.6 is 0 Å². The van der Waals surface area contributed by atoms with E-state index >= 15 is 0 Å². The van der Waals surface area contributed by atoms with Gasteiger partial charge in [-0.1, -0.05) is 54.1 Å². The monoisotopic (exact) mass is 401 g/mol. The fraction of sp³-hybridized carbons (Fsp3) is 0.269. The number of nitrogens with one attached hydrogen (secondary N) is 1. The SMILES string of the molecule is Cc1ccc(CNC(=O)c2ccc(COc3cccc4c3OC(C)(C)C4)cc2)cc1. The summed E-state index contributed by atoms with van der Waals surface area (Å²) in [7, 11) is 0. The lowest BCUT2D eigenvalue weighted by Crippen LogP contribution is -2.24. The summed E-state index contributed by atoms with van der Waals surface area (Å²) in [6.45, 7) is 7.15. The van der Waals surface area contributed by atoms with Gasteiger partial charge in [-0.25, -0.2) is 0 Å². The first-order valence-electron chi connectivity index (χ1n) is 10.3. The summed E-state index contributed by atoms with van der Waals surface area (Å²) >= 11 is 0. The summed E-state index contributed by atoms with van der Waals surface area (Å²) in [4.78, 5) is 12.4. The second-order valence-corrected chi connectivity index (χ2v) is 8.44. The van der Waals surface area contributed by atoms with Crippen LogP contribution < -0.4 is 14.8 Å². The van der Waals surface area contributed by atoms with Gasteiger partial charge in [0.2, 0.25) is 0 Å². The van der Waals surface area contributed by atoms with Gasteiger partial charge in [0.25, 0.3) is 5.91 Å². The zero-order chi connectivity index (χ0) is 21.1. The number of benzene rings is 3. The van der Waals surface area contributed by atoms with Crippen molar-refractivity contribution in [2.45, 2.75) is 45.9 Å². The molecule has 4 rings (SSSR count). The highest BCUT2D eigenvalue weighted by molar-refractivity contribution is 5.94. The highest BCUT2D eigenvalue weighted by atomic mass is 16.5. The van der Waals surface area contributed by atoms with Gasteiger partial charge in [0.15, 0.2) is 11.5 Å².